The molecule has 1 N–H and O–H groups in total. The number of hydrogen-bond donors (Lipinski definition) is 1. The van der Waals surface area contributed by atoms with Gasteiger partial charge in [0.05, 0.1) is 31.4 Å². The molecule has 0 bridgehead atoms. The van der Waals surface area contributed by atoms with Crippen LogP contribution in [0.2, 0.25) is 0 Å². The lowest BCUT2D eigenvalue weighted by Gasteiger charge is -2.28. The van der Waals surface area contributed by atoms with Crippen LogP contribution in [0.5, 0.6) is 11.6 Å². The molecule has 1 aromatic carbocycles. The van der Waals surface area contributed by atoms with Gasteiger partial charge in [0.1, 0.15) is 11.3 Å². The molecule has 0 spiro atoms. The van der Waals surface area contributed by atoms with Crippen LogP contribution in [0.3, 0.4) is 0 Å². The highest BCUT2D eigenvalue weighted by molar-refractivity contribution is 6.45. The SMILES string of the molecule is COc1ncc(OC)c2c(C(=O)C(=O)N3CCC(=Cc4cccc(-c5nnc(C)o5)c4)CC3)c[nH]c12. The van der Waals surface area contributed by atoms with E-state index in [-0.39, 0.29) is 5.56 Å². The summed E-state index contributed by atoms with van der Waals surface area (Å²) < 4.78 is 16.2. The minimum absolute atomic E-state index is 0.238. The second-order valence-corrected chi connectivity index (χ2v) is 8.46. The second kappa shape index (κ2) is 9.65. The highest BCUT2D eigenvalue weighted by Gasteiger charge is 2.29. The van der Waals surface area contributed by atoms with E-state index in [1.165, 1.54) is 32.2 Å². The minimum Gasteiger partial charge on any atom is -0.494 e. The number of likely N-dealkylation sites (tertiary alicyclic amines) is 1. The molecule has 0 saturated carbocycles. The van der Waals surface area contributed by atoms with Crippen LogP contribution in [-0.2, 0) is 4.79 Å². The Hall–Kier alpha value is -4.47. The molecular formula is C26H25N5O5. The number of rotatable bonds is 6. The first-order chi connectivity index (χ1) is 17.5. The number of amides is 1. The summed E-state index contributed by atoms with van der Waals surface area (Å²) in [6.07, 6.45) is 6.45. The van der Waals surface area contributed by atoms with Gasteiger partial charge in [0.15, 0.2) is 0 Å². The highest BCUT2D eigenvalue weighted by atomic mass is 16.5. The first-order valence-corrected chi connectivity index (χ1v) is 11.5. The lowest BCUT2D eigenvalue weighted by molar-refractivity contribution is -0.126. The number of ketones is 1. The number of piperidine rings is 1. The summed E-state index contributed by atoms with van der Waals surface area (Å²) in [4.78, 5) is 35.0. The fourth-order valence-corrected chi connectivity index (χ4v) is 4.39. The number of methoxy groups -OCH3 is 2. The summed E-state index contributed by atoms with van der Waals surface area (Å²) in [6, 6.07) is 7.87. The number of pyridine rings is 1. The van der Waals surface area contributed by atoms with Gasteiger partial charge in [0, 0.05) is 31.8 Å². The van der Waals surface area contributed by atoms with Crippen molar-refractivity contribution in [1.29, 1.82) is 0 Å². The van der Waals surface area contributed by atoms with Gasteiger partial charge >= 0.3 is 0 Å². The van der Waals surface area contributed by atoms with Crippen LogP contribution >= 0.6 is 0 Å². The zero-order valence-corrected chi connectivity index (χ0v) is 20.2. The van der Waals surface area contributed by atoms with E-state index in [0.29, 0.717) is 60.2 Å². The molecule has 4 aromatic rings. The van der Waals surface area contributed by atoms with Crippen LogP contribution in [-0.4, -0.2) is 64.1 Å². The van der Waals surface area contributed by atoms with Gasteiger partial charge in [-0.2, -0.15) is 0 Å². The molecule has 10 nitrogen and oxygen atoms in total. The number of H-pyrrole nitrogens is 1. The molecule has 184 valence electrons. The number of nitrogens with one attached hydrogen (secondary N) is 1. The molecule has 5 rings (SSSR count). The third kappa shape index (κ3) is 4.33. The first-order valence-electron chi connectivity index (χ1n) is 11.5. The van der Waals surface area contributed by atoms with E-state index in [1.54, 1.807) is 11.8 Å². The van der Waals surface area contributed by atoms with Crippen molar-refractivity contribution in [3.8, 4) is 23.1 Å². The first kappa shape index (κ1) is 23.3. The topological polar surface area (TPSA) is 123 Å². The van der Waals surface area contributed by atoms with Crippen molar-refractivity contribution >= 4 is 28.7 Å². The van der Waals surface area contributed by atoms with E-state index in [9.17, 15) is 9.59 Å². The molecule has 1 aliphatic rings. The highest BCUT2D eigenvalue weighted by Crippen LogP contribution is 2.33. The Morgan fingerprint density at radius 1 is 1.14 bits per heavy atom. The van der Waals surface area contributed by atoms with E-state index >= 15 is 0 Å². The Kier molecular flexibility index (Phi) is 6.24. The summed E-state index contributed by atoms with van der Waals surface area (Å²) >= 11 is 0. The predicted octanol–water partition coefficient (Wildman–Crippen LogP) is 3.83. The molecule has 1 amide bonds. The van der Waals surface area contributed by atoms with Crippen molar-refractivity contribution in [2.24, 2.45) is 0 Å². The second-order valence-electron chi connectivity index (χ2n) is 8.46. The molecule has 4 heterocycles. The number of Topliss-reactive ketones (excluding diaryl/α,β-unsaturated/α-hetero) is 1. The van der Waals surface area contributed by atoms with Gasteiger partial charge in [-0.25, -0.2) is 4.98 Å². The van der Waals surface area contributed by atoms with E-state index in [4.69, 9.17) is 13.9 Å². The molecule has 0 atom stereocenters. The van der Waals surface area contributed by atoms with Crippen LogP contribution < -0.4 is 9.47 Å². The summed E-state index contributed by atoms with van der Waals surface area (Å²) in [5, 5.41) is 8.44. The smallest absolute Gasteiger partial charge is 0.295 e. The minimum atomic E-state index is -0.595. The molecule has 3 aromatic heterocycles. The largest absolute Gasteiger partial charge is 0.494 e. The lowest BCUT2D eigenvalue weighted by atomic mass is 9.99. The third-order valence-electron chi connectivity index (χ3n) is 6.21. The van der Waals surface area contributed by atoms with Crippen molar-refractivity contribution in [3.05, 3.63) is 59.2 Å². The van der Waals surface area contributed by atoms with E-state index in [1.807, 2.05) is 24.3 Å². The zero-order chi connectivity index (χ0) is 25.2. The van der Waals surface area contributed by atoms with Crippen LogP contribution in [0.4, 0.5) is 0 Å². The Labute approximate surface area is 206 Å². The third-order valence-corrected chi connectivity index (χ3v) is 6.21. The number of benzene rings is 1. The number of aromatic amines is 1. The summed E-state index contributed by atoms with van der Waals surface area (Å²) in [7, 11) is 2.98. The molecular weight excluding hydrogens is 462 g/mol. The molecule has 10 heteroatoms. The van der Waals surface area contributed by atoms with Gasteiger partial charge in [-0.05, 0) is 30.5 Å². The normalized spacial score (nSPS) is 13.6. The number of aromatic nitrogens is 4. The molecule has 0 unspecified atom stereocenters. The summed E-state index contributed by atoms with van der Waals surface area (Å²) in [5.74, 6) is 0.578. The monoisotopic (exact) mass is 487 g/mol. The van der Waals surface area contributed by atoms with Gasteiger partial charge in [-0.1, -0.05) is 23.8 Å². The summed E-state index contributed by atoms with van der Waals surface area (Å²) in [5.41, 5.74) is 3.82. The maximum Gasteiger partial charge on any atom is 0.295 e. The van der Waals surface area contributed by atoms with Gasteiger partial charge in [0.25, 0.3) is 11.7 Å². The lowest BCUT2D eigenvalue weighted by Crippen LogP contribution is -2.40. The Morgan fingerprint density at radius 2 is 1.94 bits per heavy atom. The molecule has 36 heavy (non-hydrogen) atoms. The molecule has 0 aliphatic carbocycles. The Balaban J connectivity index is 1.30. The number of hydrogen-bond acceptors (Lipinski definition) is 8. The Bertz CT molecular complexity index is 1480. The van der Waals surface area contributed by atoms with E-state index in [0.717, 1.165) is 11.1 Å². The van der Waals surface area contributed by atoms with Crippen molar-refractivity contribution in [3.63, 3.8) is 0 Å². The maximum atomic E-state index is 13.2. The van der Waals surface area contributed by atoms with Crippen molar-refractivity contribution < 1.29 is 23.5 Å². The van der Waals surface area contributed by atoms with E-state index in [2.05, 4.69) is 26.2 Å². The number of fused-ring (bicyclic) bond motifs is 1. The van der Waals surface area contributed by atoms with Crippen molar-refractivity contribution in [2.45, 2.75) is 19.8 Å². The fraction of sp³-hybridized carbons (Fsp3) is 0.269. The predicted molar refractivity (Wildman–Crippen MR) is 132 cm³/mol. The van der Waals surface area contributed by atoms with E-state index < -0.39 is 11.7 Å². The number of carbonyl (C=O) groups excluding carboxylic acids is 2. The summed E-state index contributed by atoms with van der Waals surface area (Å²) in [6.45, 7) is 2.68. The Morgan fingerprint density at radius 3 is 2.64 bits per heavy atom. The van der Waals surface area contributed by atoms with Crippen LogP contribution in [0, 0.1) is 6.92 Å². The molecule has 1 aliphatic heterocycles. The molecule has 1 fully saturated rings. The van der Waals surface area contributed by atoms with Crippen LogP contribution in [0.25, 0.3) is 28.4 Å². The number of aryl methyl sites for hydroxylation is 1. The average molecular weight is 488 g/mol. The van der Waals surface area contributed by atoms with Gasteiger partial charge in [-0.3, -0.25) is 9.59 Å². The number of carbonyl (C=O) groups is 2. The van der Waals surface area contributed by atoms with Gasteiger partial charge in [-0.15, -0.1) is 10.2 Å². The van der Waals surface area contributed by atoms with Crippen molar-refractivity contribution in [2.75, 3.05) is 27.3 Å². The number of ether oxygens (including phenoxy) is 2. The maximum absolute atomic E-state index is 13.2. The van der Waals surface area contributed by atoms with Gasteiger partial charge < -0.3 is 23.8 Å². The number of nitrogens with zero attached hydrogens (tertiary/aromatic N) is 4. The van der Waals surface area contributed by atoms with Crippen LogP contribution in [0.15, 0.2) is 46.6 Å². The van der Waals surface area contributed by atoms with Crippen LogP contribution in [0.1, 0.15) is 34.7 Å². The molecule has 0 radical (unpaired) electrons. The zero-order valence-electron chi connectivity index (χ0n) is 20.2. The van der Waals surface area contributed by atoms with Gasteiger partial charge in [0.2, 0.25) is 17.7 Å². The standard InChI is InChI=1S/C26H25N5O5/c1-15-29-30-24(36-15)18-6-4-5-17(12-18)11-16-7-9-31(10-8-16)26(33)23(32)19-13-27-22-21(19)20(34-2)14-28-25(22)35-3/h4-6,11-14,27H,7-10H2,1-3H3. The quantitative estimate of drug-likeness (QED) is 0.322. The van der Waals surface area contributed by atoms with Crippen molar-refractivity contribution in [1.82, 2.24) is 25.1 Å². The fourth-order valence-electron chi connectivity index (χ4n) is 4.39. The average Bonchev–Trinajstić information content (AvgIpc) is 3.55. The molecule has 1 saturated heterocycles.